The highest BCUT2D eigenvalue weighted by Gasteiger charge is 2.27. The Labute approximate surface area is 98.2 Å². The predicted octanol–water partition coefficient (Wildman–Crippen LogP) is 2.51. The van der Waals surface area contributed by atoms with E-state index in [1.165, 1.54) is 18.4 Å². The van der Waals surface area contributed by atoms with E-state index < -0.39 is 0 Å². The Hall–Kier alpha value is -0.860. The first kappa shape index (κ1) is 11.6. The van der Waals surface area contributed by atoms with E-state index in [4.69, 9.17) is 4.74 Å². The van der Waals surface area contributed by atoms with Crippen molar-refractivity contribution in [3.63, 3.8) is 0 Å². The molecule has 0 aliphatic carbocycles. The molecule has 1 aliphatic rings. The molecule has 1 aromatic rings. The van der Waals surface area contributed by atoms with Gasteiger partial charge >= 0.3 is 0 Å². The Morgan fingerprint density at radius 3 is 2.69 bits per heavy atom. The predicted molar refractivity (Wildman–Crippen MR) is 66.7 cm³/mol. The lowest BCUT2D eigenvalue weighted by Gasteiger charge is -2.33. The van der Waals surface area contributed by atoms with Gasteiger partial charge in [0.2, 0.25) is 0 Å². The summed E-state index contributed by atoms with van der Waals surface area (Å²) >= 11 is 0. The minimum Gasteiger partial charge on any atom is -0.376 e. The van der Waals surface area contributed by atoms with Crippen LogP contribution in [0.25, 0.3) is 0 Å². The number of ether oxygens (including phenoxy) is 1. The number of hydrogen-bond donors (Lipinski definition) is 0. The summed E-state index contributed by atoms with van der Waals surface area (Å²) < 4.78 is 5.91. The first-order valence-electron chi connectivity index (χ1n) is 6.08. The maximum Gasteiger partial charge on any atom is 0.0770 e. The third-order valence-electron chi connectivity index (χ3n) is 3.21. The highest BCUT2D eigenvalue weighted by atomic mass is 16.5. The zero-order chi connectivity index (χ0) is 11.4. The van der Waals surface area contributed by atoms with Gasteiger partial charge < -0.3 is 9.64 Å². The quantitative estimate of drug-likeness (QED) is 0.774. The Bertz CT molecular complexity index is 310. The molecule has 2 rings (SSSR count). The molecule has 0 amide bonds. The normalized spacial score (nSPS) is 25.9. The van der Waals surface area contributed by atoms with Gasteiger partial charge in [-0.1, -0.05) is 30.3 Å². The summed E-state index contributed by atoms with van der Waals surface area (Å²) in [5, 5.41) is 0. The topological polar surface area (TPSA) is 12.5 Å². The molecule has 1 fully saturated rings. The molecule has 0 radical (unpaired) electrons. The highest BCUT2D eigenvalue weighted by molar-refractivity contribution is 5.21. The molecule has 1 aromatic carbocycles. The summed E-state index contributed by atoms with van der Waals surface area (Å²) in [6, 6.07) is 10.8. The molecule has 0 spiro atoms. The Morgan fingerprint density at radius 1 is 1.25 bits per heavy atom. The van der Waals surface area contributed by atoms with Gasteiger partial charge in [0.05, 0.1) is 6.10 Å². The lowest BCUT2D eigenvalue weighted by molar-refractivity contribution is -0.0137. The molecule has 2 heteroatoms. The van der Waals surface area contributed by atoms with Crippen LogP contribution in [0.2, 0.25) is 0 Å². The largest absolute Gasteiger partial charge is 0.376 e. The maximum absolute atomic E-state index is 5.91. The first-order valence-corrected chi connectivity index (χ1v) is 6.08. The Balaban J connectivity index is 2.10. The molecule has 0 N–H and O–H groups in total. The van der Waals surface area contributed by atoms with Crippen LogP contribution in [-0.4, -0.2) is 38.3 Å². The second-order valence-electron chi connectivity index (χ2n) is 4.83. The van der Waals surface area contributed by atoms with Crippen LogP contribution in [0.4, 0.5) is 0 Å². The van der Waals surface area contributed by atoms with E-state index in [1.54, 1.807) is 0 Å². The van der Waals surface area contributed by atoms with Crippen molar-refractivity contribution in [3.05, 3.63) is 35.9 Å². The summed E-state index contributed by atoms with van der Waals surface area (Å²) in [5.41, 5.74) is 1.43. The monoisotopic (exact) mass is 219 g/mol. The van der Waals surface area contributed by atoms with Crippen molar-refractivity contribution >= 4 is 0 Å². The lowest BCUT2D eigenvalue weighted by atomic mass is 9.87. The number of benzene rings is 1. The van der Waals surface area contributed by atoms with E-state index in [1.807, 2.05) is 0 Å². The van der Waals surface area contributed by atoms with E-state index in [2.05, 4.69) is 49.3 Å². The first-order chi connectivity index (χ1) is 7.77. The summed E-state index contributed by atoms with van der Waals surface area (Å²) in [7, 11) is 4.22. The summed E-state index contributed by atoms with van der Waals surface area (Å²) in [6.45, 7) is 1.93. The Kier molecular flexibility index (Phi) is 3.97. The molecule has 1 aliphatic heterocycles. The lowest BCUT2D eigenvalue weighted by Crippen LogP contribution is -2.36. The summed E-state index contributed by atoms with van der Waals surface area (Å²) in [4.78, 5) is 2.21. The minimum atomic E-state index is 0.353. The van der Waals surface area contributed by atoms with E-state index in [0.717, 1.165) is 13.2 Å². The van der Waals surface area contributed by atoms with Crippen LogP contribution in [0.5, 0.6) is 0 Å². The van der Waals surface area contributed by atoms with Gasteiger partial charge in [-0.2, -0.15) is 0 Å². The van der Waals surface area contributed by atoms with Crippen molar-refractivity contribution in [2.45, 2.75) is 24.9 Å². The van der Waals surface area contributed by atoms with Crippen molar-refractivity contribution in [1.82, 2.24) is 4.90 Å². The SMILES string of the molecule is CN(C)CC1OCCCC1c1ccccc1. The van der Waals surface area contributed by atoms with Gasteiger partial charge in [-0.3, -0.25) is 0 Å². The maximum atomic E-state index is 5.91. The second kappa shape index (κ2) is 5.46. The van der Waals surface area contributed by atoms with Crippen LogP contribution < -0.4 is 0 Å². The molecule has 0 saturated carbocycles. The van der Waals surface area contributed by atoms with Crippen LogP contribution in [0.15, 0.2) is 30.3 Å². The minimum absolute atomic E-state index is 0.353. The number of rotatable bonds is 3. The molecule has 0 bridgehead atoms. The molecule has 2 atom stereocenters. The van der Waals surface area contributed by atoms with Gasteiger partial charge in [0, 0.05) is 19.1 Å². The molecule has 2 nitrogen and oxygen atoms in total. The summed E-state index contributed by atoms with van der Waals surface area (Å²) in [6.07, 6.45) is 2.79. The van der Waals surface area contributed by atoms with Crippen molar-refractivity contribution in [3.8, 4) is 0 Å². The fourth-order valence-electron chi connectivity index (χ4n) is 2.46. The highest BCUT2D eigenvalue weighted by Crippen LogP contribution is 2.30. The third kappa shape index (κ3) is 2.83. The molecule has 16 heavy (non-hydrogen) atoms. The van der Waals surface area contributed by atoms with Gasteiger partial charge in [-0.25, -0.2) is 0 Å². The van der Waals surface area contributed by atoms with Crippen molar-refractivity contribution in [2.24, 2.45) is 0 Å². The molecule has 88 valence electrons. The van der Waals surface area contributed by atoms with Crippen LogP contribution in [-0.2, 0) is 4.74 Å². The van der Waals surface area contributed by atoms with Crippen molar-refractivity contribution in [2.75, 3.05) is 27.2 Å². The molecule has 0 aromatic heterocycles. The van der Waals surface area contributed by atoms with E-state index in [9.17, 15) is 0 Å². The van der Waals surface area contributed by atoms with Crippen LogP contribution >= 0.6 is 0 Å². The molecule has 1 saturated heterocycles. The molecular formula is C14H21NO. The van der Waals surface area contributed by atoms with Crippen LogP contribution in [0.3, 0.4) is 0 Å². The van der Waals surface area contributed by atoms with Gasteiger partial charge in [-0.05, 0) is 32.5 Å². The average molecular weight is 219 g/mol. The third-order valence-corrected chi connectivity index (χ3v) is 3.21. The van der Waals surface area contributed by atoms with Crippen molar-refractivity contribution < 1.29 is 4.74 Å². The zero-order valence-electron chi connectivity index (χ0n) is 10.2. The van der Waals surface area contributed by atoms with E-state index in [-0.39, 0.29) is 0 Å². The van der Waals surface area contributed by atoms with E-state index in [0.29, 0.717) is 12.0 Å². The number of likely N-dealkylation sites (N-methyl/N-ethyl adjacent to an activating group) is 1. The van der Waals surface area contributed by atoms with Gasteiger partial charge in [0.1, 0.15) is 0 Å². The fraction of sp³-hybridized carbons (Fsp3) is 0.571. The average Bonchev–Trinajstić information content (AvgIpc) is 2.30. The second-order valence-corrected chi connectivity index (χ2v) is 4.83. The van der Waals surface area contributed by atoms with E-state index >= 15 is 0 Å². The zero-order valence-corrected chi connectivity index (χ0v) is 10.2. The van der Waals surface area contributed by atoms with Crippen molar-refractivity contribution in [1.29, 1.82) is 0 Å². The smallest absolute Gasteiger partial charge is 0.0770 e. The Morgan fingerprint density at radius 2 is 2.00 bits per heavy atom. The van der Waals surface area contributed by atoms with Crippen LogP contribution in [0, 0.1) is 0 Å². The number of hydrogen-bond acceptors (Lipinski definition) is 2. The van der Waals surface area contributed by atoms with Gasteiger partial charge in [-0.15, -0.1) is 0 Å². The van der Waals surface area contributed by atoms with Gasteiger partial charge in [0.25, 0.3) is 0 Å². The standard InChI is InChI=1S/C14H21NO/c1-15(2)11-14-13(9-6-10-16-14)12-7-4-3-5-8-12/h3-5,7-8,13-14H,6,9-11H2,1-2H3. The number of nitrogens with zero attached hydrogens (tertiary/aromatic N) is 1. The fourth-order valence-corrected chi connectivity index (χ4v) is 2.46. The summed E-state index contributed by atoms with van der Waals surface area (Å²) in [5.74, 6) is 0.567. The molecule has 2 unspecified atom stereocenters. The molecular weight excluding hydrogens is 198 g/mol. The van der Waals surface area contributed by atoms with Gasteiger partial charge in [0.15, 0.2) is 0 Å². The molecule has 1 heterocycles. The van der Waals surface area contributed by atoms with Crippen LogP contribution in [0.1, 0.15) is 24.3 Å².